The molecule has 0 spiro atoms. The molecule has 1 heterocycles. The molecule has 1 aliphatic rings. The molecule has 0 radical (unpaired) electrons. The Morgan fingerprint density at radius 1 is 0.953 bits per heavy atom. The Labute approximate surface area is 252 Å². The molecule has 228 valence electrons. The van der Waals surface area contributed by atoms with Gasteiger partial charge in [0.15, 0.2) is 5.75 Å². The zero-order chi connectivity index (χ0) is 31.1. The quantitative estimate of drug-likeness (QED) is 0.133. The molecule has 3 aromatic carbocycles. The third-order valence-corrected chi connectivity index (χ3v) is 8.64. The van der Waals surface area contributed by atoms with Gasteiger partial charge in [-0.3, -0.25) is 4.79 Å². The summed E-state index contributed by atoms with van der Waals surface area (Å²) in [6.07, 6.45) is 2.79. The van der Waals surface area contributed by atoms with Crippen molar-refractivity contribution < 1.29 is 41.1 Å². The summed E-state index contributed by atoms with van der Waals surface area (Å²) in [4.78, 5) is 24.6. The normalized spacial score (nSPS) is 13.0. The summed E-state index contributed by atoms with van der Waals surface area (Å²) in [5, 5.41) is 0. The van der Waals surface area contributed by atoms with Gasteiger partial charge in [-0.25, -0.2) is 4.79 Å². The lowest BCUT2D eigenvalue weighted by Crippen LogP contribution is -2.16. The first-order chi connectivity index (χ1) is 20.5. The van der Waals surface area contributed by atoms with E-state index in [1.165, 1.54) is 19.2 Å². The van der Waals surface area contributed by atoms with Crippen LogP contribution < -0.4 is 8.92 Å². The molecular formula is C33H36O9S. The molecule has 9 nitrogen and oxygen atoms in total. The summed E-state index contributed by atoms with van der Waals surface area (Å²) in [7, 11) is -1.37. The number of fused-ring (bicyclic) bond motifs is 1. The van der Waals surface area contributed by atoms with Gasteiger partial charge in [-0.1, -0.05) is 41.5 Å². The molecule has 3 aromatic rings. The fourth-order valence-corrected chi connectivity index (χ4v) is 5.73. The van der Waals surface area contributed by atoms with Crippen molar-refractivity contribution in [3.05, 3.63) is 99.1 Å². The Kier molecular flexibility index (Phi) is 10.3. The predicted octanol–water partition coefficient (Wildman–Crippen LogP) is 5.91. The molecular weight excluding hydrogens is 572 g/mol. The summed E-state index contributed by atoms with van der Waals surface area (Å²) >= 11 is 0. The summed E-state index contributed by atoms with van der Waals surface area (Å²) in [6, 6.07) is 13.8. The number of esters is 2. The molecule has 0 aliphatic carbocycles. The fraction of sp³-hybridized carbons (Fsp3) is 0.333. The maximum Gasteiger partial charge on any atom is 0.342 e. The number of methoxy groups -OCH3 is 2. The summed E-state index contributed by atoms with van der Waals surface area (Å²) in [5.74, 6) is -0.310. The lowest BCUT2D eigenvalue weighted by atomic mass is 9.90. The highest BCUT2D eigenvalue weighted by atomic mass is 32.2. The van der Waals surface area contributed by atoms with Gasteiger partial charge in [-0.15, -0.1) is 0 Å². The Bertz CT molecular complexity index is 1620. The number of rotatable bonds is 13. The molecule has 43 heavy (non-hydrogen) atoms. The second-order valence-electron chi connectivity index (χ2n) is 10.4. The van der Waals surface area contributed by atoms with E-state index in [0.29, 0.717) is 29.7 Å². The third-order valence-electron chi connectivity index (χ3n) is 7.41. The summed E-state index contributed by atoms with van der Waals surface area (Å²) in [5.41, 5.74) is 5.35. The summed E-state index contributed by atoms with van der Waals surface area (Å²) < 4.78 is 54.2. The maximum absolute atomic E-state index is 13.5. The zero-order valence-corrected chi connectivity index (χ0v) is 25.8. The van der Waals surface area contributed by atoms with E-state index in [1.807, 2.05) is 51.1 Å². The number of benzene rings is 3. The van der Waals surface area contributed by atoms with Gasteiger partial charge in [0.2, 0.25) is 0 Å². The molecule has 0 N–H and O–H groups in total. The number of allylic oxidation sites excluding steroid dienone is 2. The number of hydrogen-bond acceptors (Lipinski definition) is 9. The smallest absolute Gasteiger partial charge is 0.342 e. The van der Waals surface area contributed by atoms with Gasteiger partial charge in [-0.2, -0.15) is 8.42 Å². The fourth-order valence-electron chi connectivity index (χ4n) is 4.77. The molecule has 4 rings (SSSR count). The van der Waals surface area contributed by atoms with Gasteiger partial charge in [0.25, 0.3) is 0 Å². The first kappa shape index (κ1) is 31.8. The van der Waals surface area contributed by atoms with E-state index in [-0.39, 0.29) is 48.2 Å². The summed E-state index contributed by atoms with van der Waals surface area (Å²) in [6.45, 7) is 6.02. The Hall–Kier alpha value is -4.15. The first-order valence-corrected chi connectivity index (χ1v) is 15.2. The van der Waals surface area contributed by atoms with Crippen molar-refractivity contribution >= 4 is 22.1 Å². The highest BCUT2D eigenvalue weighted by Gasteiger charge is 2.35. The van der Waals surface area contributed by atoms with Crippen LogP contribution in [-0.2, 0) is 55.4 Å². The standard InChI is InChI=1S/C33H36O9S/c1-21-6-14-26(15-7-21)43(36,37)42-32-27(16-8-22(2)9-17-30(34)39-5)28(23(3)29-20-41-33(35)31(29)32)19-40-18-24-10-12-25(38-4)13-11-24/h6-8,10-15H,9,16-20H2,1-5H3. The number of carbonyl (C=O) groups excluding carboxylic acids is 2. The van der Waals surface area contributed by atoms with Crippen LogP contribution in [0.25, 0.3) is 0 Å². The van der Waals surface area contributed by atoms with Gasteiger partial charge in [0.05, 0.1) is 27.4 Å². The van der Waals surface area contributed by atoms with E-state index in [1.54, 1.807) is 19.2 Å². The molecule has 0 saturated heterocycles. The molecule has 0 aromatic heterocycles. The SMILES string of the molecule is COC(=O)CCC(C)=CCc1c(COCc2ccc(OC)cc2)c(C)c2c(c1OS(=O)(=O)c1ccc(C)cc1)C(=O)OC2. The van der Waals surface area contributed by atoms with Gasteiger partial charge in [-0.05, 0) is 74.6 Å². The lowest BCUT2D eigenvalue weighted by Gasteiger charge is -2.20. The topological polar surface area (TPSA) is 114 Å². The van der Waals surface area contributed by atoms with Crippen LogP contribution in [0.3, 0.4) is 0 Å². The van der Waals surface area contributed by atoms with Crippen molar-refractivity contribution in [2.75, 3.05) is 14.2 Å². The van der Waals surface area contributed by atoms with Crippen LogP contribution in [0.2, 0.25) is 0 Å². The van der Waals surface area contributed by atoms with Crippen LogP contribution in [0, 0.1) is 13.8 Å². The van der Waals surface area contributed by atoms with Crippen LogP contribution in [0.5, 0.6) is 11.5 Å². The van der Waals surface area contributed by atoms with Crippen molar-refractivity contribution in [1.82, 2.24) is 0 Å². The minimum Gasteiger partial charge on any atom is -0.497 e. The second-order valence-corrected chi connectivity index (χ2v) is 11.9. The number of carbonyl (C=O) groups is 2. The van der Waals surface area contributed by atoms with Gasteiger partial charge in [0, 0.05) is 17.5 Å². The van der Waals surface area contributed by atoms with Gasteiger partial charge >= 0.3 is 22.1 Å². The average Bonchev–Trinajstić information content (AvgIpc) is 3.39. The van der Waals surface area contributed by atoms with E-state index in [2.05, 4.69) is 0 Å². The molecule has 10 heteroatoms. The minimum atomic E-state index is -4.30. The number of ether oxygens (including phenoxy) is 4. The van der Waals surface area contributed by atoms with E-state index >= 15 is 0 Å². The monoisotopic (exact) mass is 608 g/mol. The molecule has 0 amide bonds. The van der Waals surface area contributed by atoms with Crippen molar-refractivity contribution in [3.8, 4) is 11.5 Å². The highest BCUT2D eigenvalue weighted by molar-refractivity contribution is 7.87. The van der Waals surface area contributed by atoms with Gasteiger partial charge in [0.1, 0.15) is 22.8 Å². The van der Waals surface area contributed by atoms with Gasteiger partial charge < -0.3 is 23.1 Å². The Morgan fingerprint density at radius 2 is 1.65 bits per heavy atom. The third kappa shape index (κ3) is 7.63. The van der Waals surface area contributed by atoms with Crippen molar-refractivity contribution in [3.63, 3.8) is 0 Å². The second kappa shape index (κ2) is 13.9. The highest BCUT2D eigenvalue weighted by Crippen LogP contribution is 2.41. The van der Waals surface area contributed by atoms with Crippen molar-refractivity contribution in [2.24, 2.45) is 0 Å². The molecule has 0 fully saturated rings. The van der Waals surface area contributed by atoms with Crippen molar-refractivity contribution in [1.29, 1.82) is 0 Å². The molecule has 0 saturated carbocycles. The molecule has 0 unspecified atom stereocenters. The maximum atomic E-state index is 13.5. The first-order valence-electron chi connectivity index (χ1n) is 13.8. The van der Waals surface area contributed by atoms with E-state index in [4.69, 9.17) is 23.1 Å². The predicted molar refractivity (Wildman–Crippen MR) is 159 cm³/mol. The zero-order valence-electron chi connectivity index (χ0n) is 25.0. The average molecular weight is 609 g/mol. The lowest BCUT2D eigenvalue weighted by molar-refractivity contribution is -0.140. The van der Waals surface area contributed by atoms with Crippen molar-refractivity contribution in [2.45, 2.75) is 64.7 Å². The van der Waals surface area contributed by atoms with Crippen LogP contribution >= 0.6 is 0 Å². The Balaban J connectivity index is 1.76. The minimum absolute atomic E-state index is 0.000690. The number of cyclic esters (lactones) is 1. The van der Waals surface area contributed by atoms with Crippen LogP contribution in [0.1, 0.15) is 63.5 Å². The largest absolute Gasteiger partial charge is 0.497 e. The van der Waals surface area contributed by atoms with E-state index < -0.39 is 16.1 Å². The van der Waals surface area contributed by atoms with Crippen LogP contribution in [-0.4, -0.2) is 34.6 Å². The van der Waals surface area contributed by atoms with Crippen LogP contribution in [0.15, 0.2) is 65.1 Å². The Morgan fingerprint density at radius 3 is 2.30 bits per heavy atom. The van der Waals surface area contributed by atoms with Crippen LogP contribution in [0.4, 0.5) is 0 Å². The number of hydrogen-bond donors (Lipinski definition) is 0. The van der Waals surface area contributed by atoms with E-state index in [9.17, 15) is 18.0 Å². The molecule has 0 atom stereocenters. The van der Waals surface area contributed by atoms with E-state index in [0.717, 1.165) is 28.0 Å². The molecule has 1 aliphatic heterocycles. The molecule has 0 bridgehead atoms. The number of aryl methyl sites for hydroxylation is 1.